The minimum absolute atomic E-state index is 0.00373. The molecule has 0 atom stereocenters. The van der Waals surface area contributed by atoms with Crippen molar-refractivity contribution in [2.75, 3.05) is 26.1 Å². The summed E-state index contributed by atoms with van der Waals surface area (Å²) in [6, 6.07) is 14.7. The van der Waals surface area contributed by atoms with Gasteiger partial charge in [0.1, 0.15) is 0 Å². The maximum absolute atomic E-state index is 12.4. The largest absolute Gasteiger partial charge is 0.493 e. The van der Waals surface area contributed by atoms with Crippen LogP contribution in [0.4, 0.5) is 5.69 Å². The molecule has 9 nitrogen and oxygen atoms in total. The van der Waals surface area contributed by atoms with Crippen LogP contribution in [0.25, 0.3) is 0 Å². The Kier molecular flexibility index (Phi) is 7.12. The van der Waals surface area contributed by atoms with Crippen molar-refractivity contribution in [1.82, 2.24) is 15.0 Å². The number of carbonyl (C=O) groups is 2. The minimum Gasteiger partial charge on any atom is -0.493 e. The van der Waals surface area contributed by atoms with Gasteiger partial charge in [-0.15, -0.1) is 0 Å². The van der Waals surface area contributed by atoms with Gasteiger partial charge in [-0.1, -0.05) is 12.1 Å². The highest BCUT2D eigenvalue weighted by Crippen LogP contribution is 2.29. The van der Waals surface area contributed by atoms with Crippen molar-refractivity contribution in [3.05, 3.63) is 77.9 Å². The van der Waals surface area contributed by atoms with Gasteiger partial charge in [0.05, 0.1) is 19.9 Å². The number of hydrogen-bond donors (Lipinski definition) is 1. The molecule has 1 aliphatic rings. The van der Waals surface area contributed by atoms with Crippen LogP contribution in [0.2, 0.25) is 0 Å². The zero-order valence-corrected chi connectivity index (χ0v) is 19.0. The summed E-state index contributed by atoms with van der Waals surface area (Å²) in [4.78, 5) is 32.5. The number of nitrogens with one attached hydrogen (secondary N) is 1. The van der Waals surface area contributed by atoms with Gasteiger partial charge in [-0.2, -0.15) is 5.10 Å². The van der Waals surface area contributed by atoms with Crippen LogP contribution in [0.5, 0.6) is 11.5 Å². The van der Waals surface area contributed by atoms with Crippen LogP contribution in [0.1, 0.15) is 34.6 Å². The third kappa shape index (κ3) is 5.37. The molecule has 0 aliphatic carbocycles. The number of carbonyl (C=O) groups excluding carboxylic acids is 2. The molecule has 0 spiro atoms. The van der Waals surface area contributed by atoms with Gasteiger partial charge in [0.15, 0.2) is 11.5 Å². The zero-order valence-electron chi connectivity index (χ0n) is 19.0. The van der Waals surface area contributed by atoms with Gasteiger partial charge in [0.25, 0.3) is 5.91 Å². The number of benzene rings is 2. The van der Waals surface area contributed by atoms with Crippen LogP contribution in [-0.4, -0.2) is 53.3 Å². The molecule has 2 heterocycles. The first kappa shape index (κ1) is 22.9. The highest BCUT2D eigenvalue weighted by atomic mass is 16.5. The van der Waals surface area contributed by atoms with E-state index in [1.54, 1.807) is 20.3 Å². The van der Waals surface area contributed by atoms with Crippen molar-refractivity contribution >= 4 is 23.2 Å². The average molecular weight is 460 g/mol. The summed E-state index contributed by atoms with van der Waals surface area (Å²) >= 11 is 0. The Morgan fingerprint density at radius 2 is 1.74 bits per heavy atom. The Morgan fingerprint density at radius 3 is 2.44 bits per heavy atom. The van der Waals surface area contributed by atoms with Crippen LogP contribution in [-0.2, 0) is 11.2 Å². The van der Waals surface area contributed by atoms with Gasteiger partial charge in [-0.25, -0.2) is 15.0 Å². The van der Waals surface area contributed by atoms with Gasteiger partial charge < -0.3 is 14.8 Å². The summed E-state index contributed by atoms with van der Waals surface area (Å²) in [6.07, 6.45) is 4.65. The molecule has 0 unspecified atom stereocenters. The van der Waals surface area contributed by atoms with E-state index in [9.17, 15) is 9.59 Å². The number of rotatable bonds is 8. The molecule has 1 aromatic heterocycles. The zero-order chi connectivity index (χ0) is 23.9. The van der Waals surface area contributed by atoms with Crippen LogP contribution in [0.15, 0.2) is 66.0 Å². The minimum atomic E-state index is -0.371. The van der Waals surface area contributed by atoms with Crippen molar-refractivity contribution in [2.45, 2.75) is 19.3 Å². The average Bonchev–Trinajstić information content (AvgIpc) is 2.89. The van der Waals surface area contributed by atoms with Gasteiger partial charge in [0, 0.05) is 43.0 Å². The summed E-state index contributed by atoms with van der Waals surface area (Å²) in [5, 5.41) is 8.90. The summed E-state index contributed by atoms with van der Waals surface area (Å²) in [5.74, 6) is 1.00. The molecule has 1 N–H and O–H groups in total. The molecule has 2 aromatic carbocycles. The summed E-state index contributed by atoms with van der Waals surface area (Å²) in [6.45, 7) is 0.458. The second-order valence-corrected chi connectivity index (χ2v) is 7.61. The molecular formula is C25H25N5O4. The first-order valence-electron chi connectivity index (χ1n) is 10.8. The van der Waals surface area contributed by atoms with Crippen molar-refractivity contribution < 1.29 is 19.1 Å². The molecule has 3 aromatic rings. The summed E-state index contributed by atoms with van der Waals surface area (Å²) in [7, 11) is 3.18. The first-order valence-corrected chi connectivity index (χ1v) is 10.8. The topological polar surface area (TPSA) is 106 Å². The number of hydrazone groups is 1. The van der Waals surface area contributed by atoms with Crippen molar-refractivity contribution in [1.29, 1.82) is 0 Å². The monoisotopic (exact) mass is 459 g/mol. The molecule has 174 valence electrons. The Bertz CT molecular complexity index is 1200. The standard InChI is InChI=1S/C25H25N5O4/c1-33-21-10-6-18(16-22(21)34-2)20-9-11-23(31)30(29-20)15-12-17-4-7-19(8-5-17)28-25(32)24-26-13-3-14-27-24/h3-8,10,13-14,16H,9,11-12,15H2,1-2H3,(H,28,32). The molecule has 0 fully saturated rings. The number of aromatic nitrogens is 2. The Balaban J connectivity index is 1.39. The summed E-state index contributed by atoms with van der Waals surface area (Å²) in [5.41, 5.74) is 3.40. The predicted molar refractivity (Wildman–Crippen MR) is 127 cm³/mol. The number of ether oxygens (including phenoxy) is 2. The molecule has 2 amide bonds. The third-order valence-electron chi connectivity index (χ3n) is 5.41. The fraction of sp³-hybridized carbons (Fsp3) is 0.240. The number of nitrogens with zero attached hydrogens (tertiary/aromatic N) is 4. The smallest absolute Gasteiger partial charge is 0.293 e. The molecule has 0 bridgehead atoms. The lowest BCUT2D eigenvalue weighted by Crippen LogP contribution is -2.33. The van der Waals surface area contributed by atoms with Crippen LogP contribution < -0.4 is 14.8 Å². The fourth-order valence-electron chi connectivity index (χ4n) is 3.59. The lowest BCUT2D eigenvalue weighted by molar-refractivity contribution is -0.131. The summed E-state index contributed by atoms with van der Waals surface area (Å²) < 4.78 is 10.7. The Morgan fingerprint density at radius 1 is 1.00 bits per heavy atom. The molecule has 9 heteroatoms. The van der Waals surface area contributed by atoms with Crippen molar-refractivity contribution in [3.8, 4) is 11.5 Å². The van der Waals surface area contributed by atoms with E-state index in [0.29, 0.717) is 43.0 Å². The maximum Gasteiger partial charge on any atom is 0.293 e. The highest BCUT2D eigenvalue weighted by molar-refractivity contribution is 6.04. The third-order valence-corrected chi connectivity index (χ3v) is 5.41. The molecule has 1 aliphatic heterocycles. The number of methoxy groups -OCH3 is 2. The maximum atomic E-state index is 12.4. The van der Waals surface area contributed by atoms with E-state index in [1.165, 1.54) is 17.4 Å². The predicted octanol–water partition coefficient (Wildman–Crippen LogP) is 3.32. The van der Waals surface area contributed by atoms with E-state index >= 15 is 0 Å². The number of hydrogen-bond acceptors (Lipinski definition) is 7. The SMILES string of the molecule is COc1ccc(C2=NN(CCc3ccc(NC(=O)c4ncccn4)cc3)C(=O)CC2)cc1OC. The first-order chi connectivity index (χ1) is 16.6. The molecule has 0 saturated carbocycles. The van der Waals surface area contributed by atoms with Crippen molar-refractivity contribution in [3.63, 3.8) is 0 Å². The lowest BCUT2D eigenvalue weighted by Gasteiger charge is -2.24. The van der Waals surface area contributed by atoms with E-state index in [2.05, 4.69) is 20.4 Å². The van der Waals surface area contributed by atoms with Gasteiger partial charge in [-0.3, -0.25) is 9.59 Å². The quantitative estimate of drug-likeness (QED) is 0.554. The number of amides is 2. The Hall–Kier alpha value is -4.27. The molecular weight excluding hydrogens is 434 g/mol. The van der Waals surface area contributed by atoms with Gasteiger partial charge in [-0.05, 0) is 48.4 Å². The normalized spacial score (nSPS) is 13.3. The number of anilines is 1. The molecule has 0 saturated heterocycles. The molecule has 34 heavy (non-hydrogen) atoms. The second kappa shape index (κ2) is 10.6. The molecule has 0 radical (unpaired) electrons. The van der Waals surface area contributed by atoms with E-state index in [-0.39, 0.29) is 17.6 Å². The van der Waals surface area contributed by atoms with Crippen LogP contribution in [0.3, 0.4) is 0 Å². The van der Waals surface area contributed by atoms with Crippen LogP contribution in [0, 0.1) is 0 Å². The van der Waals surface area contributed by atoms with E-state index in [4.69, 9.17) is 9.47 Å². The van der Waals surface area contributed by atoms with Gasteiger partial charge in [0.2, 0.25) is 11.7 Å². The van der Waals surface area contributed by atoms with Gasteiger partial charge >= 0.3 is 0 Å². The van der Waals surface area contributed by atoms with Crippen LogP contribution >= 0.6 is 0 Å². The second-order valence-electron chi connectivity index (χ2n) is 7.61. The van der Waals surface area contributed by atoms with E-state index in [0.717, 1.165) is 16.8 Å². The highest BCUT2D eigenvalue weighted by Gasteiger charge is 2.22. The van der Waals surface area contributed by atoms with E-state index in [1.807, 2.05) is 42.5 Å². The van der Waals surface area contributed by atoms with Crippen molar-refractivity contribution in [2.24, 2.45) is 5.10 Å². The molecule has 4 rings (SSSR count). The van der Waals surface area contributed by atoms with E-state index < -0.39 is 0 Å². The lowest BCUT2D eigenvalue weighted by atomic mass is 10.0. The Labute approximate surface area is 197 Å². The fourth-order valence-corrected chi connectivity index (χ4v) is 3.59.